The van der Waals surface area contributed by atoms with Crippen LogP contribution in [0, 0.1) is 11.3 Å². The summed E-state index contributed by atoms with van der Waals surface area (Å²) in [4.78, 5) is 4.29. The second-order valence-corrected chi connectivity index (χ2v) is 7.76. The molecule has 1 atom stereocenters. The summed E-state index contributed by atoms with van der Waals surface area (Å²) in [5.41, 5.74) is 0.319. The Morgan fingerprint density at radius 1 is 1.44 bits per heavy atom. The zero-order valence-electron chi connectivity index (χ0n) is 13.4. The lowest BCUT2D eigenvalue weighted by Crippen LogP contribution is -2.49. The van der Waals surface area contributed by atoms with Gasteiger partial charge in [-0.25, -0.2) is 13.4 Å². The van der Waals surface area contributed by atoms with E-state index in [2.05, 4.69) is 10.3 Å². The van der Waals surface area contributed by atoms with Crippen LogP contribution in [0.4, 0.5) is 0 Å². The van der Waals surface area contributed by atoms with Gasteiger partial charge in [-0.05, 0) is 18.2 Å². The molecule has 1 aromatic heterocycles. The molecule has 25 heavy (non-hydrogen) atoms. The van der Waals surface area contributed by atoms with Gasteiger partial charge in [-0.2, -0.15) is 9.57 Å². The summed E-state index contributed by atoms with van der Waals surface area (Å²) in [7, 11) is -1.98. The van der Waals surface area contributed by atoms with Gasteiger partial charge in [-0.3, -0.25) is 0 Å². The second-order valence-electron chi connectivity index (χ2n) is 5.49. The Bertz CT molecular complexity index is 907. The van der Waals surface area contributed by atoms with E-state index in [1.807, 2.05) is 13.1 Å². The largest absolute Gasteiger partial charge is 0.337 e. The average molecular weight is 402 g/mol. The molecule has 2 aromatic rings. The molecule has 0 amide bonds. The maximum atomic E-state index is 13.1. The maximum absolute atomic E-state index is 13.1. The van der Waals surface area contributed by atoms with Crippen molar-refractivity contribution in [2.75, 3.05) is 19.6 Å². The quantitative estimate of drug-likeness (QED) is 0.844. The molecule has 0 radical (unpaired) electrons. The Kier molecular flexibility index (Phi) is 6.08. The second kappa shape index (κ2) is 7.72. The number of hydrogen-bond acceptors (Lipinski definition) is 5. The molecular weight excluding hydrogens is 385 g/mol. The minimum Gasteiger partial charge on any atom is -0.337 e. The number of halogens is 2. The molecule has 1 aromatic carbocycles. The lowest BCUT2D eigenvalue weighted by molar-refractivity contribution is 0.258. The van der Waals surface area contributed by atoms with E-state index in [-0.39, 0.29) is 22.3 Å². The molecule has 1 N–H and O–H groups in total. The molecule has 2 heterocycles. The molecule has 1 fully saturated rings. The SMILES string of the molecule is Cl.Cn1ccnc1C1CNCCN1S(=O)(=O)c1ccc(C#N)cc1Cl. The van der Waals surface area contributed by atoms with Gasteiger partial charge in [0, 0.05) is 39.1 Å². The highest BCUT2D eigenvalue weighted by Gasteiger charge is 2.37. The monoisotopic (exact) mass is 401 g/mol. The maximum Gasteiger partial charge on any atom is 0.245 e. The summed E-state index contributed by atoms with van der Waals surface area (Å²) in [5.74, 6) is 0.663. The number of aryl methyl sites for hydroxylation is 1. The van der Waals surface area contributed by atoms with Crippen molar-refractivity contribution in [3.8, 4) is 6.07 Å². The van der Waals surface area contributed by atoms with E-state index in [9.17, 15) is 8.42 Å². The number of nitrogens with one attached hydrogen (secondary N) is 1. The summed E-state index contributed by atoms with van der Waals surface area (Å²) in [5, 5.41) is 12.2. The van der Waals surface area contributed by atoms with Gasteiger partial charge >= 0.3 is 0 Å². The van der Waals surface area contributed by atoms with Crippen LogP contribution >= 0.6 is 24.0 Å². The predicted molar refractivity (Wildman–Crippen MR) is 96.1 cm³/mol. The fraction of sp³-hybridized carbons (Fsp3) is 0.333. The molecule has 0 bridgehead atoms. The van der Waals surface area contributed by atoms with Gasteiger partial charge in [-0.1, -0.05) is 11.6 Å². The van der Waals surface area contributed by atoms with Gasteiger partial charge in [0.1, 0.15) is 10.7 Å². The molecule has 3 rings (SSSR count). The third-order valence-corrected chi connectivity index (χ3v) is 6.39. The van der Waals surface area contributed by atoms with Gasteiger partial charge in [0.25, 0.3) is 0 Å². The summed E-state index contributed by atoms with van der Waals surface area (Å²) in [6, 6.07) is 5.73. The summed E-state index contributed by atoms with van der Waals surface area (Å²) < 4.78 is 29.5. The molecular formula is C15H17Cl2N5O2S. The third kappa shape index (κ3) is 3.66. The van der Waals surface area contributed by atoms with Crippen LogP contribution in [-0.4, -0.2) is 41.9 Å². The number of hydrogen-bond donors (Lipinski definition) is 1. The number of imidazole rings is 1. The van der Waals surface area contributed by atoms with Crippen LogP contribution in [0.25, 0.3) is 0 Å². The Balaban J connectivity index is 0.00000225. The van der Waals surface area contributed by atoms with E-state index < -0.39 is 16.1 Å². The molecule has 1 unspecified atom stereocenters. The standard InChI is InChI=1S/C15H16ClN5O2S.ClH/c1-20-6-5-19-15(20)13-10-18-4-7-21(13)24(22,23)14-3-2-11(9-17)8-12(14)16;/h2-3,5-6,8,13,18H,4,7,10H2,1H3;1H. The van der Waals surface area contributed by atoms with E-state index in [1.165, 1.54) is 22.5 Å². The first kappa shape index (κ1) is 19.7. The fourth-order valence-corrected chi connectivity index (χ4v) is 4.90. The minimum atomic E-state index is -3.81. The fourth-order valence-electron chi connectivity index (χ4n) is 2.80. The van der Waals surface area contributed by atoms with Crippen LogP contribution in [0.2, 0.25) is 5.02 Å². The summed E-state index contributed by atoms with van der Waals surface area (Å²) in [6.07, 6.45) is 3.42. The summed E-state index contributed by atoms with van der Waals surface area (Å²) in [6.45, 7) is 1.34. The lowest BCUT2D eigenvalue weighted by atomic mass is 10.2. The zero-order valence-corrected chi connectivity index (χ0v) is 15.8. The number of nitrogens with zero attached hydrogens (tertiary/aromatic N) is 4. The van der Waals surface area contributed by atoms with Crippen LogP contribution in [0.15, 0.2) is 35.5 Å². The zero-order chi connectivity index (χ0) is 17.3. The first-order chi connectivity index (χ1) is 11.4. The molecule has 1 saturated heterocycles. The van der Waals surface area contributed by atoms with Crippen LogP contribution < -0.4 is 5.32 Å². The normalized spacial score (nSPS) is 18.4. The first-order valence-corrected chi connectivity index (χ1v) is 9.16. The van der Waals surface area contributed by atoms with Crippen molar-refractivity contribution in [1.29, 1.82) is 5.26 Å². The van der Waals surface area contributed by atoms with E-state index in [0.29, 0.717) is 31.0 Å². The first-order valence-electron chi connectivity index (χ1n) is 7.34. The van der Waals surface area contributed by atoms with E-state index in [0.717, 1.165) is 0 Å². The van der Waals surface area contributed by atoms with Crippen LogP contribution in [0.5, 0.6) is 0 Å². The Morgan fingerprint density at radius 2 is 2.20 bits per heavy atom. The number of rotatable bonds is 3. The molecule has 134 valence electrons. The van der Waals surface area contributed by atoms with Gasteiger partial charge in [0.15, 0.2) is 0 Å². The van der Waals surface area contributed by atoms with Crippen molar-refractivity contribution >= 4 is 34.0 Å². The molecule has 0 saturated carbocycles. The average Bonchev–Trinajstić information content (AvgIpc) is 3.00. The van der Waals surface area contributed by atoms with Crippen LogP contribution in [-0.2, 0) is 17.1 Å². The minimum absolute atomic E-state index is 0. The topological polar surface area (TPSA) is 91.0 Å². The molecule has 0 aliphatic carbocycles. The smallest absolute Gasteiger partial charge is 0.245 e. The number of benzene rings is 1. The number of piperazine rings is 1. The van der Waals surface area contributed by atoms with Crippen molar-refractivity contribution in [2.45, 2.75) is 10.9 Å². The van der Waals surface area contributed by atoms with E-state index in [1.54, 1.807) is 17.0 Å². The van der Waals surface area contributed by atoms with E-state index >= 15 is 0 Å². The Labute approximate surface area is 157 Å². The molecule has 0 spiro atoms. The number of sulfonamides is 1. The van der Waals surface area contributed by atoms with E-state index in [4.69, 9.17) is 16.9 Å². The van der Waals surface area contributed by atoms with Crippen molar-refractivity contribution in [3.63, 3.8) is 0 Å². The molecule has 7 nitrogen and oxygen atoms in total. The highest BCUT2D eigenvalue weighted by Crippen LogP contribution is 2.31. The summed E-state index contributed by atoms with van der Waals surface area (Å²) >= 11 is 6.12. The molecule has 1 aliphatic rings. The van der Waals surface area contributed by atoms with Gasteiger partial charge in [0.2, 0.25) is 10.0 Å². The number of nitriles is 1. The molecule has 1 aliphatic heterocycles. The highest BCUT2D eigenvalue weighted by atomic mass is 35.5. The highest BCUT2D eigenvalue weighted by molar-refractivity contribution is 7.89. The van der Waals surface area contributed by atoms with Gasteiger partial charge in [-0.15, -0.1) is 12.4 Å². The lowest BCUT2D eigenvalue weighted by Gasteiger charge is -2.34. The van der Waals surface area contributed by atoms with Crippen molar-refractivity contribution < 1.29 is 8.42 Å². The number of aromatic nitrogens is 2. The Hall–Kier alpha value is -1.63. The van der Waals surface area contributed by atoms with Crippen molar-refractivity contribution in [2.24, 2.45) is 7.05 Å². The predicted octanol–water partition coefficient (Wildman–Crippen LogP) is 1.70. The third-order valence-electron chi connectivity index (χ3n) is 4.00. The van der Waals surface area contributed by atoms with Gasteiger partial charge in [0.05, 0.1) is 22.7 Å². The Morgan fingerprint density at radius 3 is 2.80 bits per heavy atom. The van der Waals surface area contributed by atoms with Crippen LogP contribution in [0.1, 0.15) is 17.4 Å². The van der Waals surface area contributed by atoms with Crippen molar-refractivity contribution in [3.05, 3.63) is 47.0 Å². The van der Waals surface area contributed by atoms with Crippen LogP contribution in [0.3, 0.4) is 0 Å². The van der Waals surface area contributed by atoms with Gasteiger partial charge < -0.3 is 9.88 Å². The van der Waals surface area contributed by atoms with Crippen molar-refractivity contribution in [1.82, 2.24) is 19.2 Å². The molecule has 10 heteroatoms.